The van der Waals surface area contributed by atoms with Gasteiger partial charge in [0.1, 0.15) is 5.51 Å². The summed E-state index contributed by atoms with van der Waals surface area (Å²) in [5, 5.41) is 11.1. The number of aromatic nitrogens is 2. The fourth-order valence-corrected chi connectivity index (χ4v) is 1.72. The molecule has 0 aliphatic heterocycles. The second-order valence-electron chi connectivity index (χ2n) is 3.03. The number of methoxy groups -OCH3 is 1. The van der Waals surface area contributed by atoms with Crippen LogP contribution in [0.15, 0.2) is 23.7 Å². The third kappa shape index (κ3) is 2.27. The van der Waals surface area contributed by atoms with Gasteiger partial charge in [0.15, 0.2) is 11.6 Å². The summed E-state index contributed by atoms with van der Waals surface area (Å²) >= 11 is 1.37. The summed E-state index contributed by atoms with van der Waals surface area (Å²) < 4.78 is 18.6. The zero-order valence-electron chi connectivity index (χ0n) is 8.61. The lowest BCUT2D eigenvalue weighted by Crippen LogP contribution is -2.02. The maximum atomic E-state index is 13.7. The molecule has 0 unspecified atom stereocenters. The van der Waals surface area contributed by atoms with Crippen LogP contribution in [0.2, 0.25) is 0 Å². The second kappa shape index (κ2) is 4.89. The molecule has 0 spiro atoms. The van der Waals surface area contributed by atoms with Crippen molar-refractivity contribution in [1.29, 1.82) is 0 Å². The summed E-state index contributed by atoms with van der Waals surface area (Å²) in [7, 11) is 1.44. The van der Waals surface area contributed by atoms with Crippen LogP contribution in [0.1, 0.15) is 5.56 Å². The molecule has 0 amide bonds. The lowest BCUT2D eigenvalue weighted by atomic mass is 10.2. The van der Waals surface area contributed by atoms with Crippen molar-refractivity contribution in [1.82, 2.24) is 10.2 Å². The van der Waals surface area contributed by atoms with Gasteiger partial charge in [-0.3, -0.25) is 0 Å². The van der Waals surface area contributed by atoms with Crippen molar-refractivity contribution in [3.05, 3.63) is 35.1 Å². The van der Waals surface area contributed by atoms with E-state index in [2.05, 4.69) is 15.5 Å². The first-order valence-corrected chi connectivity index (χ1v) is 5.50. The van der Waals surface area contributed by atoms with Crippen LogP contribution < -0.4 is 10.1 Å². The minimum atomic E-state index is -0.345. The first kappa shape index (κ1) is 10.8. The van der Waals surface area contributed by atoms with Crippen molar-refractivity contribution < 1.29 is 9.13 Å². The van der Waals surface area contributed by atoms with Gasteiger partial charge in [-0.1, -0.05) is 23.5 Å². The summed E-state index contributed by atoms with van der Waals surface area (Å²) in [5.41, 5.74) is 2.15. The summed E-state index contributed by atoms with van der Waals surface area (Å²) in [5.74, 6) is -0.0985. The van der Waals surface area contributed by atoms with Crippen LogP contribution in [0.25, 0.3) is 0 Å². The van der Waals surface area contributed by atoms with Gasteiger partial charge in [-0.25, -0.2) is 4.39 Å². The number of nitrogens with zero attached hydrogens (tertiary/aromatic N) is 2. The Morgan fingerprint density at radius 3 is 3.06 bits per heavy atom. The molecule has 0 radical (unpaired) electrons. The van der Waals surface area contributed by atoms with Gasteiger partial charge in [0.2, 0.25) is 5.13 Å². The highest BCUT2D eigenvalue weighted by Crippen LogP contribution is 2.21. The van der Waals surface area contributed by atoms with Gasteiger partial charge >= 0.3 is 0 Å². The van der Waals surface area contributed by atoms with Gasteiger partial charge in [0.05, 0.1) is 7.11 Å². The van der Waals surface area contributed by atoms with Crippen LogP contribution in [0.3, 0.4) is 0 Å². The summed E-state index contributed by atoms with van der Waals surface area (Å²) in [6.07, 6.45) is 0. The van der Waals surface area contributed by atoms with Gasteiger partial charge in [0.25, 0.3) is 0 Å². The molecule has 2 aromatic rings. The first-order chi connectivity index (χ1) is 7.81. The number of nitrogens with one attached hydrogen (secondary N) is 1. The van der Waals surface area contributed by atoms with E-state index in [1.54, 1.807) is 23.7 Å². The van der Waals surface area contributed by atoms with Crippen LogP contribution in [0.4, 0.5) is 9.52 Å². The molecule has 16 heavy (non-hydrogen) atoms. The summed E-state index contributed by atoms with van der Waals surface area (Å²) in [6.45, 7) is 0.359. The van der Waals surface area contributed by atoms with E-state index in [-0.39, 0.29) is 11.6 Å². The van der Waals surface area contributed by atoms with E-state index >= 15 is 0 Å². The van der Waals surface area contributed by atoms with Gasteiger partial charge in [0, 0.05) is 12.1 Å². The third-order valence-corrected chi connectivity index (χ3v) is 2.70. The molecular formula is C10H10FN3OS. The number of ether oxygens (including phenoxy) is 1. The Labute approximate surface area is 96.1 Å². The number of anilines is 1. The molecule has 0 aliphatic rings. The molecule has 2 rings (SSSR count). The molecule has 1 heterocycles. The molecule has 1 aromatic heterocycles. The van der Waals surface area contributed by atoms with Gasteiger partial charge in [-0.05, 0) is 6.07 Å². The molecule has 0 atom stereocenters. The highest BCUT2D eigenvalue weighted by atomic mass is 32.1. The molecule has 0 bridgehead atoms. The lowest BCUT2D eigenvalue weighted by molar-refractivity contribution is 0.384. The largest absolute Gasteiger partial charge is 0.494 e. The van der Waals surface area contributed by atoms with Crippen molar-refractivity contribution in [2.75, 3.05) is 12.4 Å². The SMILES string of the molecule is COc1cccc(CNc2nncs2)c1F. The van der Waals surface area contributed by atoms with E-state index in [4.69, 9.17) is 4.74 Å². The van der Waals surface area contributed by atoms with Gasteiger partial charge in [-0.15, -0.1) is 10.2 Å². The quantitative estimate of drug-likeness (QED) is 0.889. The first-order valence-electron chi connectivity index (χ1n) is 4.62. The zero-order valence-corrected chi connectivity index (χ0v) is 9.42. The second-order valence-corrected chi connectivity index (χ2v) is 3.86. The molecule has 0 fully saturated rings. The van der Waals surface area contributed by atoms with Crippen LogP contribution in [-0.2, 0) is 6.54 Å². The van der Waals surface area contributed by atoms with E-state index in [0.29, 0.717) is 17.2 Å². The number of rotatable bonds is 4. The molecule has 84 valence electrons. The summed E-state index contributed by atoms with van der Waals surface area (Å²) in [6, 6.07) is 5.04. The van der Waals surface area contributed by atoms with Crippen LogP contribution >= 0.6 is 11.3 Å². The number of hydrogen-bond acceptors (Lipinski definition) is 5. The maximum Gasteiger partial charge on any atom is 0.205 e. The minimum Gasteiger partial charge on any atom is -0.494 e. The number of benzene rings is 1. The highest BCUT2D eigenvalue weighted by molar-refractivity contribution is 7.13. The monoisotopic (exact) mass is 239 g/mol. The normalized spacial score (nSPS) is 10.1. The predicted octanol–water partition coefficient (Wildman–Crippen LogP) is 2.30. The van der Waals surface area contributed by atoms with Gasteiger partial charge in [-0.2, -0.15) is 0 Å². The van der Waals surface area contributed by atoms with Crippen LogP contribution in [0.5, 0.6) is 5.75 Å². The molecular weight excluding hydrogens is 229 g/mol. The molecule has 1 N–H and O–H groups in total. The molecule has 0 aliphatic carbocycles. The topological polar surface area (TPSA) is 47.0 Å². The zero-order chi connectivity index (χ0) is 11.4. The Hall–Kier alpha value is -1.69. The fourth-order valence-electron chi connectivity index (χ4n) is 1.27. The third-order valence-electron chi connectivity index (χ3n) is 2.05. The van der Waals surface area contributed by atoms with Gasteiger partial charge < -0.3 is 10.1 Å². The molecule has 0 saturated carbocycles. The standard InChI is InChI=1S/C10H10FN3OS/c1-15-8-4-2-3-7(9(8)11)5-12-10-14-13-6-16-10/h2-4,6H,5H2,1H3,(H,12,14). The minimum absolute atomic E-state index is 0.247. The van der Waals surface area contributed by atoms with E-state index in [0.717, 1.165) is 0 Å². The highest BCUT2D eigenvalue weighted by Gasteiger charge is 2.08. The average molecular weight is 239 g/mol. The Morgan fingerprint density at radius 1 is 1.50 bits per heavy atom. The molecule has 1 aromatic carbocycles. The van der Waals surface area contributed by atoms with Crippen molar-refractivity contribution in [2.45, 2.75) is 6.54 Å². The average Bonchev–Trinajstić information content (AvgIpc) is 2.81. The number of hydrogen-bond donors (Lipinski definition) is 1. The molecule has 4 nitrogen and oxygen atoms in total. The van der Waals surface area contributed by atoms with E-state index in [1.807, 2.05) is 0 Å². The van der Waals surface area contributed by atoms with Crippen molar-refractivity contribution in [3.8, 4) is 5.75 Å². The van der Waals surface area contributed by atoms with Crippen LogP contribution in [-0.4, -0.2) is 17.3 Å². The van der Waals surface area contributed by atoms with Crippen molar-refractivity contribution >= 4 is 16.5 Å². The lowest BCUT2D eigenvalue weighted by Gasteiger charge is -2.07. The molecule has 0 saturated heterocycles. The van der Waals surface area contributed by atoms with E-state index in [9.17, 15) is 4.39 Å². The molecule has 6 heteroatoms. The Balaban J connectivity index is 2.09. The van der Waals surface area contributed by atoms with E-state index in [1.165, 1.54) is 18.4 Å². The smallest absolute Gasteiger partial charge is 0.205 e. The fraction of sp³-hybridized carbons (Fsp3) is 0.200. The van der Waals surface area contributed by atoms with Crippen molar-refractivity contribution in [3.63, 3.8) is 0 Å². The Bertz CT molecular complexity index is 461. The van der Waals surface area contributed by atoms with Crippen LogP contribution in [0, 0.1) is 5.82 Å². The van der Waals surface area contributed by atoms with Crippen molar-refractivity contribution in [2.24, 2.45) is 0 Å². The van der Waals surface area contributed by atoms with E-state index < -0.39 is 0 Å². The predicted molar refractivity (Wildman–Crippen MR) is 60.2 cm³/mol. The Kier molecular flexibility index (Phi) is 3.31. The Morgan fingerprint density at radius 2 is 2.38 bits per heavy atom. The summed E-state index contributed by atoms with van der Waals surface area (Å²) in [4.78, 5) is 0. The maximum absolute atomic E-state index is 13.7. The number of halogens is 1.